The van der Waals surface area contributed by atoms with Crippen molar-refractivity contribution >= 4 is 20.2 Å². The molecule has 0 radical (unpaired) electrons. The summed E-state index contributed by atoms with van der Waals surface area (Å²) in [5.74, 6) is 0.832. The number of ether oxygens (including phenoxy) is 1. The fourth-order valence-electron chi connectivity index (χ4n) is 1.59. The second kappa shape index (κ2) is 7.74. The third kappa shape index (κ3) is 6.16. The Morgan fingerprint density at radius 1 is 1.23 bits per heavy atom. The lowest BCUT2D eigenvalue weighted by molar-refractivity contribution is -0.112. The zero-order valence-corrected chi connectivity index (χ0v) is 15.6. The van der Waals surface area contributed by atoms with Crippen LogP contribution in [0.4, 0.5) is 0 Å². The summed E-state index contributed by atoms with van der Waals surface area (Å²) in [6.45, 7) is 13.8. The molecule has 0 amide bonds. The Kier molecular flexibility index (Phi) is 6.57. The molecule has 0 aromatic heterocycles. The Morgan fingerprint density at radius 3 is 2.50 bits per heavy atom. The maximum Gasteiger partial charge on any atom is 0.192 e. The van der Waals surface area contributed by atoms with Gasteiger partial charge in [-0.1, -0.05) is 39.0 Å². The number of carbonyl (C=O) groups is 1. The summed E-state index contributed by atoms with van der Waals surface area (Å²) in [7, 11) is -1.71. The first-order valence-corrected chi connectivity index (χ1v) is 10.6. The van der Waals surface area contributed by atoms with Crippen LogP contribution in [0.25, 0.3) is 6.08 Å². The zero-order chi connectivity index (χ0) is 16.8. The molecule has 0 saturated carbocycles. The van der Waals surface area contributed by atoms with Gasteiger partial charge in [-0.2, -0.15) is 0 Å². The lowest BCUT2D eigenvalue weighted by Crippen LogP contribution is -2.41. The summed E-state index contributed by atoms with van der Waals surface area (Å²) in [5, 5.41) is 0.213. The average Bonchev–Trinajstić information content (AvgIpc) is 2.40. The molecule has 0 bridgehead atoms. The van der Waals surface area contributed by atoms with E-state index < -0.39 is 8.32 Å². The zero-order valence-electron chi connectivity index (χ0n) is 14.6. The molecule has 0 atom stereocenters. The van der Waals surface area contributed by atoms with Crippen LogP contribution < -0.4 is 4.74 Å². The normalized spacial score (nSPS) is 12.6. The molecule has 0 fully saturated rings. The average molecular weight is 321 g/mol. The predicted octanol–water partition coefficient (Wildman–Crippen LogP) is 4.69. The maximum absolute atomic E-state index is 11.0. The fraction of sp³-hybridized carbons (Fsp3) is 0.500. The molecule has 3 nitrogen and oxygen atoms in total. The van der Waals surface area contributed by atoms with Crippen molar-refractivity contribution in [2.75, 3.05) is 13.2 Å². The molecule has 0 saturated heterocycles. The van der Waals surface area contributed by atoms with E-state index in [1.165, 1.54) is 6.92 Å². The summed E-state index contributed by atoms with van der Waals surface area (Å²) in [6.07, 6.45) is 3.35. The Balaban J connectivity index is 2.49. The van der Waals surface area contributed by atoms with Crippen LogP contribution in [0, 0.1) is 0 Å². The van der Waals surface area contributed by atoms with E-state index in [1.54, 1.807) is 12.2 Å². The summed E-state index contributed by atoms with van der Waals surface area (Å²) >= 11 is 0. The van der Waals surface area contributed by atoms with Crippen molar-refractivity contribution in [3.63, 3.8) is 0 Å². The SMILES string of the molecule is CC(=O)/C=C/c1cccc(OCCO[Si](C)(C)C(C)(C)C)c1. The highest BCUT2D eigenvalue weighted by Crippen LogP contribution is 2.36. The first kappa shape index (κ1) is 18.7. The third-order valence-electron chi connectivity index (χ3n) is 3.99. The summed E-state index contributed by atoms with van der Waals surface area (Å²) < 4.78 is 11.8. The van der Waals surface area contributed by atoms with E-state index in [1.807, 2.05) is 24.3 Å². The molecule has 1 aromatic rings. The van der Waals surface area contributed by atoms with Crippen molar-refractivity contribution in [1.82, 2.24) is 0 Å². The molecule has 0 spiro atoms. The first-order valence-electron chi connectivity index (χ1n) is 7.67. The van der Waals surface area contributed by atoms with Crippen LogP contribution in [0.1, 0.15) is 33.3 Å². The smallest absolute Gasteiger partial charge is 0.192 e. The second-order valence-electron chi connectivity index (χ2n) is 6.97. The van der Waals surface area contributed by atoms with Gasteiger partial charge in [-0.05, 0) is 48.8 Å². The van der Waals surface area contributed by atoms with E-state index in [9.17, 15) is 4.79 Å². The molecule has 122 valence electrons. The van der Waals surface area contributed by atoms with Gasteiger partial charge < -0.3 is 9.16 Å². The molecule has 0 heterocycles. The molecular formula is C18H28O3Si. The third-order valence-corrected chi connectivity index (χ3v) is 8.53. The van der Waals surface area contributed by atoms with E-state index in [-0.39, 0.29) is 10.8 Å². The summed E-state index contributed by atoms with van der Waals surface area (Å²) in [4.78, 5) is 11.0. The van der Waals surface area contributed by atoms with Crippen LogP contribution in [0.15, 0.2) is 30.3 Å². The van der Waals surface area contributed by atoms with E-state index in [0.717, 1.165) is 11.3 Å². The lowest BCUT2D eigenvalue weighted by atomic mass is 10.2. The molecule has 0 unspecified atom stereocenters. The van der Waals surface area contributed by atoms with Crippen molar-refractivity contribution in [3.05, 3.63) is 35.9 Å². The van der Waals surface area contributed by atoms with Crippen molar-refractivity contribution in [2.24, 2.45) is 0 Å². The van der Waals surface area contributed by atoms with Crippen LogP contribution in [0.3, 0.4) is 0 Å². The van der Waals surface area contributed by atoms with E-state index >= 15 is 0 Å². The van der Waals surface area contributed by atoms with Gasteiger partial charge in [0.1, 0.15) is 12.4 Å². The van der Waals surface area contributed by atoms with Gasteiger partial charge in [-0.15, -0.1) is 0 Å². The fourth-order valence-corrected chi connectivity index (χ4v) is 2.62. The maximum atomic E-state index is 11.0. The van der Waals surface area contributed by atoms with E-state index in [2.05, 4.69) is 33.9 Å². The van der Waals surface area contributed by atoms with Gasteiger partial charge in [-0.3, -0.25) is 4.79 Å². The molecule has 0 aliphatic heterocycles. The van der Waals surface area contributed by atoms with Crippen LogP contribution >= 0.6 is 0 Å². The van der Waals surface area contributed by atoms with Crippen molar-refractivity contribution < 1.29 is 14.0 Å². The van der Waals surface area contributed by atoms with Crippen molar-refractivity contribution in [2.45, 2.75) is 45.8 Å². The van der Waals surface area contributed by atoms with Crippen LogP contribution in [0.2, 0.25) is 18.1 Å². The summed E-state index contributed by atoms with van der Waals surface area (Å²) in [5.41, 5.74) is 0.956. The number of hydrogen-bond donors (Lipinski definition) is 0. The molecular weight excluding hydrogens is 292 g/mol. The Labute approximate surface area is 135 Å². The van der Waals surface area contributed by atoms with Gasteiger partial charge in [0.15, 0.2) is 14.1 Å². The van der Waals surface area contributed by atoms with Crippen LogP contribution in [0.5, 0.6) is 5.75 Å². The van der Waals surface area contributed by atoms with Gasteiger partial charge in [-0.25, -0.2) is 0 Å². The largest absolute Gasteiger partial charge is 0.491 e. The van der Waals surface area contributed by atoms with Gasteiger partial charge in [0.2, 0.25) is 0 Å². The molecule has 1 rings (SSSR count). The number of ketones is 1. The number of carbonyl (C=O) groups excluding carboxylic acids is 1. The Morgan fingerprint density at radius 2 is 1.91 bits per heavy atom. The molecule has 1 aromatic carbocycles. The number of allylic oxidation sites excluding steroid dienone is 1. The predicted molar refractivity (Wildman–Crippen MR) is 94.8 cm³/mol. The topological polar surface area (TPSA) is 35.5 Å². The van der Waals surface area contributed by atoms with E-state index in [4.69, 9.17) is 9.16 Å². The van der Waals surface area contributed by atoms with Gasteiger partial charge >= 0.3 is 0 Å². The molecule has 0 aliphatic rings. The second-order valence-corrected chi connectivity index (χ2v) is 11.8. The monoisotopic (exact) mass is 320 g/mol. The van der Waals surface area contributed by atoms with E-state index in [0.29, 0.717) is 13.2 Å². The molecule has 22 heavy (non-hydrogen) atoms. The standard InChI is InChI=1S/C18H28O3Si/c1-15(19)10-11-16-8-7-9-17(14-16)20-12-13-21-22(5,6)18(2,3)4/h7-11,14H,12-13H2,1-6H3/b11-10+. The van der Waals surface area contributed by atoms with Crippen molar-refractivity contribution in [3.8, 4) is 5.75 Å². The summed E-state index contributed by atoms with van der Waals surface area (Å²) in [6, 6.07) is 7.70. The Bertz CT molecular complexity index is 527. The first-order chi connectivity index (χ1) is 10.1. The minimum absolute atomic E-state index is 0.0362. The van der Waals surface area contributed by atoms with Gasteiger partial charge in [0, 0.05) is 0 Å². The van der Waals surface area contributed by atoms with Crippen LogP contribution in [-0.4, -0.2) is 27.3 Å². The highest BCUT2D eigenvalue weighted by molar-refractivity contribution is 6.74. The minimum atomic E-state index is -1.71. The van der Waals surface area contributed by atoms with Gasteiger partial charge in [0.25, 0.3) is 0 Å². The molecule has 0 N–H and O–H groups in total. The highest BCUT2D eigenvalue weighted by atomic mass is 28.4. The molecule has 4 heteroatoms. The van der Waals surface area contributed by atoms with Gasteiger partial charge in [0.05, 0.1) is 6.61 Å². The highest BCUT2D eigenvalue weighted by Gasteiger charge is 2.36. The van der Waals surface area contributed by atoms with Crippen LogP contribution in [-0.2, 0) is 9.22 Å². The minimum Gasteiger partial charge on any atom is -0.491 e. The number of benzene rings is 1. The van der Waals surface area contributed by atoms with Crippen molar-refractivity contribution in [1.29, 1.82) is 0 Å². The lowest BCUT2D eigenvalue weighted by Gasteiger charge is -2.36. The number of rotatable bonds is 7. The number of hydrogen-bond acceptors (Lipinski definition) is 3. The Hall–Kier alpha value is -1.39. The molecule has 0 aliphatic carbocycles. The quantitative estimate of drug-likeness (QED) is 0.415.